The van der Waals surface area contributed by atoms with E-state index in [1.54, 1.807) is 0 Å². The summed E-state index contributed by atoms with van der Waals surface area (Å²) in [6, 6.07) is 24.2. The van der Waals surface area contributed by atoms with E-state index in [2.05, 4.69) is 16.3 Å². The van der Waals surface area contributed by atoms with Crippen LogP contribution < -0.4 is 0 Å². The second-order valence-corrected chi connectivity index (χ2v) is 8.06. The van der Waals surface area contributed by atoms with Crippen molar-refractivity contribution >= 4 is 16.8 Å². The predicted octanol–water partition coefficient (Wildman–Crippen LogP) is 4.56. The second kappa shape index (κ2) is 8.74. The fraction of sp³-hybridized carbons (Fsp3) is 0.231. The van der Waals surface area contributed by atoms with Gasteiger partial charge in [-0.2, -0.15) is 5.10 Å². The highest BCUT2D eigenvalue weighted by Gasteiger charge is 2.25. The minimum Gasteiger partial charge on any atom is -0.379 e. The van der Waals surface area contributed by atoms with Gasteiger partial charge in [-0.15, -0.1) is 0 Å². The van der Waals surface area contributed by atoms with Gasteiger partial charge in [-0.1, -0.05) is 60.7 Å². The quantitative estimate of drug-likeness (QED) is 0.536. The molecule has 5 nitrogen and oxygen atoms in total. The molecule has 0 unspecified atom stereocenters. The average molecular weight is 412 g/mol. The average Bonchev–Trinajstić information content (AvgIpc) is 3.19. The maximum atomic E-state index is 13.6. The van der Waals surface area contributed by atoms with E-state index in [0.29, 0.717) is 26.3 Å². The van der Waals surface area contributed by atoms with Crippen LogP contribution in [0.4, 0.5) is 0 Å². The number of fused-ring (bicyclic) bond motifs is 1. The minimum atomic E-state index is 0.0662. The first-order valence-electron chi connectivity index (χ1n) is 10.7. The maximum absolute atomic E-state index is 13.6. The van der Waals surface area contributed by atoms with Crippen LogP contribution in [-0.4, -0.2) is 47.3 Å². The standard InChI is InChI=1S/C26H25N3O2/c30-26(23-11-5-4-10-22(23)20-7-2-1-3-8-20)29-13-14-31-18-19(17-29)15-21-9-6-12-25-24(21)16-27-28-25/h1-12,16,19H,13-15,17-18H2,(H,27,28)/t19-/m0/s1. The molecule has 0 saturated carbocycles. The van der Waals surface area contributed by atoms with Crippen LogP contribution in [-0.2, 0) is 11.2 Å². The summed E-state index contributed by atoms with van der Waals surface area (Å²) in [6.07, 6.45) is 2.72. The third-order valence-corrected chi connectivity index (χ3v) is 5.95. The molecule has 156 valence electrons. The van der Waals surface area contributed by atoms with Gasteiger partial charge in [0, 0.05) is 30.0 Å². The van der Waals surface area contributed by atoms with E-state index in [-0.39, 0.29) is 11.8 Å². The van der Waals surface area contributed by atoms with Crippen LogP contribution in [0.1, 0.15) is 15.9 Å². The minimum absolute atomic E-state index is 0.0662. The Hall–Kier alpha value is -3.44. The highest BCUT2D eigenvalue weighted by Crippen LogP contribution is 2.26. The number of rotatable bonds is 4. The lowest BCUT2D eigenvalue weighted by Crippen LogP contribution is -2.36. The van der Waals surface area contributed by atoms with Gasteiger partial charge in [-0.05, 0) is 35.2 Å². The van der Waals surface area contributed by atoms with E-state index < -0.39 is 0 Å². The van der Waals surface area contributed by atoms with E-state index in [1.807, 2.05) is 77.8 Å². The number of H-pyrrole nitrogens is 1. The van der Waals surface area contributed by atoms with Crippen molar-refractivity contribution in [3.05, 3.63) is 90.1 Å². The number of hydrogen-bond donors (Lipinski definition) is 1. The molecule has 5 rings (SSSR count). The van der Waals surface area contributed by atoms with Gasteiger partial charge in [0.1, 0.15) is 0 Å². The molecule has 4 aromatic rings. The largest absolute Gasteiger partial charge is 0.379 e. The zero-order valence-electron chi connectivity index (χ0n) is 17.3. The van der Waals surface area contributed by atoms with Crippen molar-refractivity contribution in [2.75, 3.05) is 26.3 Å². The molecule has 0 aliphatic carbocycles. The Morgan fingerprint density at radius 3 is 2.77 bits per heavy atom. The summed E-state index contributed by atoms with van der Waals surface area (Å²) < 4.78 is 5.89. The molecule has 1 atom stereocenters. The summed E-state index contributed by atoms with van der Waals surface area (Å²) in [5.74, 6) is 0.298. The number of ether oxygens (including phenoxy) is 1. The Labute approximate surface area is 181 Å². The molecule has 1 aromatic heterocycles. The Bertz CT molecular complexity index is 1190. The highest BCUT2D eigenvalue weighted by atomic mass is 16.5. The number of amides is 1. The third kappa shape index (κ3) is 4.09. The number of nitrogens with one attached hydrogen (secondary N) is 1. The van der Waals surface area contributed by atoms with Crippen LogP contribution in [0, 0.1) is 5.92 Å². The molecule has 1 aliphatic heterocycles. The molecule has 0 radical (unpaired) electrons. The molecule has 1 aliphatic rings. The summed E-state index contributed by atoms with van der Waals surface area (Å²) in [5, 5.41) is 8.35. The molecule has 1 amide bonds. The fourth-order valence-electron chi connectivity index (χ4n) is 4.42. The normalized spacial score (nSPS) is 16.9. The summed E-state index contributed by atoms with van der Waals surface area (Å²) in [6.45, 7) is 2.49. The van der Waals surface area contributed by atoms with Gasteiger partial charge in [0.15, 0.2) is 0 Å². The summed E-state index contributed by atoms with van der Waals surface area (Å²) >= 11 is 0. The first-order chi connectivity index (χ1) is 15.3. The van der Waals surface area contributed by atoms with Gasteiger partial charge in [0.05, 0.1) is 24.9 Å². The van der Waals surface area contributed by atoms with Crippen molar-refractivity contribution in [1.82, 2.24) is 15.1 Å². The zero-order valence-corrected chi connectivity index (χ0v) is 17.3. The summed E-state index contributed by atoms with van der Waals surface area (Å²) in [7, 11) is 0. The van der Waals surface area contributed by atoms with Gasteiger partial charge in [0.2, 0.25) is 0 Å². The molecule has 3 aromatic carbocycles. The molecule has 31 heavy (non-hydrogen) atoms. The van der Waals surface area contributed by atoms with Crippen LogP contribution in [0.2, 0.25) is 0 Å². The van der Waals surface area contributed by atoms with Crippen LogP contribution >= 0.6 is 0 Å². The third-order valence-electron chi connectivity index (χ3n) is 5.95. The van der Waals surface area contributed by atoms with Gasteiger partial charge in [-0.25, -0.2) is 0 Å². The zero-order chi connectivity index (χ0) is 21.0. The van der Waals surface area contributed by atoms with Crippen LogP contribution in [0.3, 0.4) is 0 Å². The van der Waals surface area contributed by atoms with Crippen molar-refractivity contribution in [3.8, 4) is 11.1 Å². The molecule has 2 heterocycles. The number of aromatic amines is 1. The summed E-state index contributed by atoms with van der Waals surface area (Å²) in [5.41, 5.74) is 5.04. The van der Waals surface area contributed by atoms with Crippen LogP contribution in [0.25, 0.3) is 22.0 Å². The summed E-state index contributed by atoms with van der Waals surface area (Å²) in [4.78, 5) is 15.5. The molecule has 5 heteroatoms. The molecule has 1 fully saturated rings. The van der Waals surface area contributed by atoms with Crippen LogP contribution in [0.5, 0.6) is 0 Å². The maximum Gasteiger partial charge on any atom is 0.254 e. The molecule has 0 spiro atoms. The SMILES string of the molecule is O=C(c1ccccc1-c1ccccc1)N1CCOC[C@@H](Cc2cccc3[nH]ncc23)C1. The van der Waals surface area contributed by atoms with Gasteiger partial charge in [-0.3, -0.25) is 9.89 Å². The number of nitrogens with zero attached hydrogens (tertiary/aromatic N) is 2. The first-order valence-corrected chi connectivity index (χ1v) is 10.7. The van der Waals surface area contributed by atoms with Crippen molar-refractivity contribution in [2.24, 2.45) is 5.92 Å². The van der Waals surface area contributed by atoms with Gasteiger partial charge in [0.25, 0.3) is 5.91 Å². The Balaban J connectivity index is 1.39. The first kappa shape index (κ1) is 19.5. The fourth-order valence-corrected chi connectivity index (χ4v) is 4.42. The van der Waals surface area contributed by atoms with Crippen molar-refractivity contribution in [2.45, 2.75) is 6.42 Å². The number of aromatic nitrogens is 2. The van der Waals surface area contributed by atoms with Gasteiger partial charge < -0.3 is 9.64 Å². The topological polar surface area (TPSA) is 58.2 Å². The Morgan fingerprint density at radius 1 is 1.03 bits per heavy atom. The van der Waals surface area contributed by atoms with Crippen molar-refractivity contribution in [3.63, 3.8) is 0 Å². The van der Waals surface area contributed by atoms with E-state index >= 15 is 0 Å². The Kier molecular flexibility index (Phi) is 5.50. The predicted molar refractivity (Wildman–Crippen MR) is 122 cm³/mol. The number of benzene rings is 3. The lowest BCUT2D eigenvalue weighted by Gasteiger charge is -2.25. The highest BCUT2D eigenvalue weighted by molar-refractivity contribution is 6.01. The van der Waals surface area contributed by atoms with Crippen molar-refractivity contribution in [1.29, 1.82) is 0 Å². The number of carbonyl (C=O) groups is 1. The lowest BCUT2D eigenvalue weighted by atomic mass is 9.96. The molecular weight excluding hydrogens is 386 g/mol. The van der Waals surface area contributed by atoms with Crippen LogP contribution in [0.15, 0.2) is 79.0 Å². The number of carbonyl (C=O) groups excluding carboxylic acids is 1. The van der Waals surface area contributed by atoms with E-state index in [4.69, 9.17) is 4.74 Å². The van der Waals surface area contributed by atoms with Gasteiger partial charge >= 0.3 is 0 Å². The Morgan fingerprint density at radius 2 is 1.87 bits per heavy atom. The van der Waals surface area contributed by atoms with E-state index in [9.17, 15) is 4.79 Å². The second-order valence-electron chi connectivity index (χ2n) is 8.06. The smallest absolute Gasteiger partial charge is 0.254 e. The lowest BCUT2D eigenvalue weighted by molar-refractivity contribution is 0.0738. The monoisotopic (exact) mass is 411 g/mol. The van der Waals surface area contributed by atoms with Crippen molar-refractivity contribution < 1.29 is 9.53 Å². The van der Waals surface area contributed by atoms with E-state index in [1.165, 1.54) is 5.56 Å². The molecule has 0 bridgehead atoms. The number of hydrogen-bond acceptors (Lipinski definition) is 3. The van der Waals surface area contributed by atoms with E-state index in [0.717, 1.165) is 34.0 Å². The molecule has 1 saturated heterocycles. The molecular formula is C26H25N3O2. The molecule has 1 N–H and O–H groups in total.